The number of methoxy groups -OCH3 is 1. The zero-order chi connectivity index (χ0) is 22.0. The molecule has 3 N–H and O–H groups in total. The zero-order valence-corrected chi connectivity index (χ0v) is 18.9. The van der Waals surface area contributed by atoms with Crippen molar-refractivity contribution in [3.63, 3.8) is 0 Å². The minimum absolute atomic E-state index is 0.00805. The smallest absolute Gasteiger partial charge is 0.222 e. The van der Waals surface area contributed by atoms with Crippen LogP contribution in [0, 0.1) is 11.8 Å². The quantitative estimate of drug-likeness (QED) is 0.668. The van der Waals surface area contributed by atoms with Gasteiger partial charge in [-0.1, -0.05) is 19.9 Å². The predicted molar refractivity (Wildman–Crippen MR) is 118 cm³/mol. The van der Waals surface area contributed by atoms with E-state index in [-0.39, 0.29) is 17.9 Å². The van der Waals surface area contributed by atoms with Crippen LogP contribution in [0.15, 0.2) is 18.2 Å². The van der Waals surface area contributed by atoms with Crippen molar-refractivity contribution in [2.24, 2.45) is 11.8 Å². The molecule has 5 atom stereocenters. The third-order valence-corrected chi connectivity index (χ3v) is 8.49. The highest BCUT2D eigenvalue weighted by Gasteiger charge is 2.66. The minimum Gasteiger partial charge on any atom is -0.497 e. The Morgan fingerprint density at radius 1 is 1.32 bits per heavy atom. The maximum absolute atomic E-state index is 12.5. The molecule has 6 heteroatoms. The van der Waals surface area contributed by atoms with Crippen LogP contribution in [0.2, 0.25) is 0 Å². The molecule has 1 aromatic rings. The van der Waals surface area contributed by atoms with E-state index >= 15 is 0 Å². The Morgan fingerprint density at radius 2 is 2.10 bits per heavy atom. The first-order chi connectivity index (χ1) is 14.8. The van der Waals surface area contributed by atoms with Crippen molar-refractivity contribution < 1.29 is 19.7 Å². The summed E-state index contributed by atoms with van der Waals surface area (Å²) in [5.74, 6) is 1.32. The van der Waals surface area contributed by atoms with Crippen LogP contribution in [0.5, 0.6) is 5.75 Å². The second-order valence-corrected chi connectivity index (χ2v) is 10.7. The number of ether oxygens (including phenoxy) is 1. The lowest BCUT2D eigenvalue weighted by atomic mass is 9.48. The van der Waals surface area contributed by atoms with Crippen LogP contribution in [-0.2, 0) is 16.6 Å². The molecule has 1 aromatic carbocycles. The summed E-state index contributed by atoms with van der Waals surface area (Å²) in [7, 11) is 1.67. The maximum Gasteiger partial charge on any atom is 0.222 e. The molecular formula is C25H36N2O4. The third kappa shape index (κ3) is 3.30. The number of piperidine rings is 1. The molecule has 2 bridgehead atoms. The fourth-order valence-corrected chi connectivity index (χ4v) is 6.55. The number of likely N-dealkylation sites (tertiary alicyclic amines) is 1. The van der Waals surface area contributed by atoms with Crippen LogP contribution in [0.1, 0.15) is 57.1 Å². The Labute approximate surface area is 185 Å². The van der Waals surface area contributed by atoms with Crippen LogP contribution < -0.4 is 10.1 Å². The van der Waals surface area contributed by atoms with Crippen LogP contribution in [0.4, 0.5) is 0 Å². The zero-order valence-electron chi connectivity index (χ0n) is 18.9. The molecule has 5 rings (SSSR count). The number of nitrogens with zero attached hydrogens (tertiary/aromatic N) is 1. The Kier molecular flexibility index (Phi) is 5.11. The van der Waals surface area contributed by atoms with E-state index in [2.05, 4.69) is 22.3 Å². The van der Waals surface area contributed by atoms with E-state index in [0.717, 1.165) is 43.2 Å². The van der Waals surface area contributed by atoms with Gasteiger partial charge < -0.3 is 20.3 Å². The van der Waals surface area contributed by atoms with Gasteiger partial charge in [0.25, 0.3) is 0 Å². The Morgan fingerprint density at radius 3 is 2.77 bits per heavy atom. The van der Waals surface area contributed by atoms with Crippen molar-refractivity contribution in [3.8, 4) is 5.75 Å². The lowest BCUT2D eigenvalue weighted by Crippen LogP contribution is -2.76. The van der Waals surface area contributed by atoms with Gasteiger partial charge in [-0.15, -0.1) is 0 Å². The highest BCUT2D eigenvalue weighted by atomic mass is 16.5. The van der Waals surface area contributed by atoms with E-state index in [1.165, 1.54) is 18.4 Å². The van der Waals surface area contributed by atoms with Crippen molar-refractivity contribution in [1.29, 1.82) is 0 Å². The van der Waals surface area contributed by atoms with Crippen molar-refractivity contribution in [2.75, 3.05) is 20.2 Å². The minimum atomic E-state index is -0.992. The molecular weight excluding hydrogens is 392 g/mol. The number of hydrogen-bond acceptors (Lipinski definition) is 5. The predicted octanol–water partition coefficient (Wildman–Crippen LogP) is 2.00. The first-order valence-corrected chi connectivity index (χ1v) is 11.9. The van der Waals surface area contributed by atoms with E-state index in [1.807, 2.05) is 19.9 Å². The summed E-state index contributed by atoms with van der Waals surface area (Å²) in [6.07, 6.45) is 4.34. The van der Waals surface area contributed by atoms with Crippen LogP contribution in [0.3, 0.4) is 0 Å². The van der Waals surface area contributed by atoms with Gasteiger partial charge in [-0.25, -0.2) is 0 Å². The number of fused-ring (bicyclic) bond motifs is 1. The summed E-state index contributed by atoms with van der Waals surface area (Å²) in [5, 5.41) is 26.7. The second kappa shape index (κ2) is 7.46. The van der Waals surface area contributed by atoms with Crippen LogP contribution >= 0.6 is 0 Å². The number of benzene rings is 1. The van der Waals surface area contributed by atoms with Gasteiger partial charge in [-0.2, -0.15) is 0 Å². The van der Waals surface area contributed by atoms with Crippen molar-refractivity contribution in [1.82, 2.24) is 10.2 Å². The van der Waals surface area contributed by atoms with Gasteiger partial charge in [0.1, 0.15) is 5.75 Å². The number of carbonyl (C=O) groups is 1. The van der Waals surface area contributed by atoms with E-state index in [0.29, 0.717) is 12.8 Å². The molecule has 0 spiro atoms. The Balaban J connectivity index is 1.56. The van der Waals surface area contributed by atoms with E-state index in [4.69, 9.17) is 4.74 Å². The standard InChI is InChI=1S/C25H36N2O4/c1-15(2)23(29)26-20-12-25(30)22-10-17-6-7-18(31-3)11-19(17)24(25,13-21(20)28)8-9-27(22)14-16-4-5-16/h6-7,11,15-16,20-22,28,30H,4-5,8-10,12-14H2,1-3H3,(H,26,29)/t20-,21?,22-,24-,25-/m1/s1. The molecule has 1 unspecified atom stereocenters. The maximum atomic E-state index is 12.5. The van der Waals surface area contributed by atoms with E-state index < -0.39 is 23.2 Å². The number of rotatable bonds is 5. The highest BCUT2D eigenvalue weighted by Crippen LogP contribution is 2.59. The van der Waals surface area contributed by atoms with E-state index in [9.17, 15) is 15.0 Å². The van der Waals surface area contributed by atoms with E-state index in [1.54, 1.807) is 7.11 Å². The Bertz CT molecular complexity index is 869. The van der Waals surface area contributed by atoms with Gasteiger partial charge >= 0.3 is 0 Å². The highest BCUT2D eigenvalue weighted by molar-refractivity contribution is 5.78. The van der Waals surface area contributed by atoms with Gasteiger partial charge in [0, 0.05) is 30.3 Å². The topological polar surface area (TPSA) is 82.0 Å². The first-order valence-electron chi connectivity index (χ1n) is 11.9. The summed E-state index contributed by atoms with van der Waals surface area (Å²) < 4.78 is 5.52. The molecule has 0 aromatic heterocycles. The monoisotopic (exact) mass is 428 g/mol. The average Bonchev–Trinajstić information content (AvgIpc) is 3.55. The fourth-order valence-electron chi connectivity index (χ4n) is 6.55. The molecule has 3 fully saturated rings. The molecule has 170 valence electrons. The molecule has 6 nitrogen and oxygen atoms in total. The number of aliphatic hydroxyl groups is 2. The fraction of sp³-hybridized carbons (Fsp3) is 0.720. The van der Waals surface area contributed by atoms with Gasteiger partial charge in [0.05, 0.1) is 24.9 Å². The number of nitrogens with one attached hydrogen (secondary N) is 1. The van der Waals surface area contributed by atoms with Crippen LogP contribution in [-0.4, -0.2) is 65.0 Å². The van der Waals surface area contributed by atoms with Crippen molar-refractivity contribution in [3.05, 3.63) is 29.3 Å². The Hall–Kier alpha value is -1.63. The van der Waals surface area contributed by atoms with Crippen molar-refractivity contribution >= 4 is 5.91 Å². The SMILES string of the molecule is COc1ccc2c(c1)[C@]13CCN(CC4CC4)[C@H](C2)[C@]1(O)C[C@@H](NC(=O)C(C)C)C(O)C3. The van der Waals surface area contributed by atoms with Gasteiger partial charge in [0.15, 0.2) is 0 Å². The normalized spacial score (nSPS) is 37.2. The number of amides is 1. The summed E-state index contributed by atoms with van der Waals surface area (Å²) in [5.41, 5.74) is 0.878. The third-order valence-electron chi connectivity index (χ3n) is 8.49. The molecule has 4 aliphatic rings. The van der Waals surface area contributed by atoms with Gasteiger partial charge in [-0.05, 0) is 67.8 Å². The molecule has 1 amide bonds. The summed E-state index contributed by atoms with van der Waals surface area (Å²) in [6.45, 7) is 5.70. The lowest BCUT2D eigenvalue weighted by molar-refractivity contribution is -0.190. The van der Waals surface area contributed by atoms with Crippen molar-refractivity contribution in [2.45, 2.75) is 81.6 Å². The molecule has 1 saturated heterocycles. The molecule has 31 heavy (non-hydrogen) atoms. The number of aliphatic hydroxyl groups excluding tert-OH is 1. The first kappa shape index (κ1) is 21.2. The van der Waals surface area contributed by atoms with Gasteiger partial charge in [-0.3, -0.25) is 9.69 Å². The summed E-state index contributed by atoms with van der Waals surface area (Å²) >= 11 is 0. The molecule has 3 aliphatic carbocycles. The lowest BCUT2D eigenvalue weighted by Gasteiger charge is -2.65. The summed E-state index contributed by atoms with van der Waals surface area (Å²) in [4.78, 5) is 14.9. The largest absolute Gasteiger partial charge is 0.497 e. The molecule has 2 saturated carbocycles. The van der Waals surface area contributed by atoms with Crippen LogP contribution in [0.25, 0.3) is 0 Å². The second-order valence-electron chi connectivity index (χ2n) is 10.7. The summed E-state index contributed by atoms with van der Waals surface area (Å²) in [6, 6.07) is 5.80. The number of hydrogen-bond donors (Lipinski definition) is 3. The molecule has 0 radical (unpaired) electrons. The number of carbonyl (C=O) groups excluding carboxylic acids is 1. The average molecular weight is 429 g/mol. The molecule has 1 heterocycles. The molecule has 1 aliphatic heterocycles. The van der Waals surface area contributed by atoms with Gasteiger partial charge in [0.2, 0.25) is 5.91 Å².